The summed E-state index contributed by atoms with van der Waals surface area (Å²) in [7, 11) is 2.67. The van der Waals surface area contributed by atoms with E-state index in [0.29, 0.717) is 0 Å². The van der Waals surface area contributed by atoms with E-state index < -0.39 is 35.3 Å². The minimum absolute atomic E-state index is 0.147. The van der Waals surface area contributed by atoms with Crippen molar-refractivity contribution >= 4 is 11.8 Å². The molecule has 0 saturated heterocycles. The molecule has 1 aromatic heterocycles. The van der Waals surface area contributed by atoms with Crippen molar-refractivity contribution in [2.75, 3.05) is 7.05 Å². The first-order chi connectivity index (χ1) is 11.7. The summed E-state index contributed by atoms with van der Waals surface area (Å²) in [6.45, 7) is 0. The van der Waals surface area contributed by atoms with Gasteiger partial charge in [-0.05, 0) is 5.56 Å². The minimum Gasteiger partial charge on any atom is -0.357 e. The molecule has 6 nitrogen and oxygen atoms in total. The van der Waals surface area contributed by atoms with Gasteiger partial charge in [-0.2, -0.15) is 18.3 Å². The number of likely N-dealkylation sites (N-methyl/N-ethyl adjacent to an activating group) is 1. The van der Waals surface area contributed by atoms with E-state index in [2.05, 4.69) is 15.7 Å². The van der Waals surface area contributed by atoms with Crippen LogP contribution in [-0.4, -0.2) is 34.7 Å². The summed E-state index contributed by atoms with van der Waals surface area (Å²) in [6.07, 6.45) is -3.65. The number of hydrogen-bond acceptors (Lipinski definition) is 3. The fraction of sp³-hybridized carbons (Fsp3) is 0.312. The number of carbonyl (C=O) groups excluding carboxylic acids is 2. The van der Waals surface area contributed by atoms with Crippen LogP contribution < -0.4 is 10.6 Å². The van der Waals surface area contributed by atoms with Crippen LogP contribution in [-0.2, 0) is 24.4 Å². The molecule has 25 heavy (non-hydrogen) atoms. The summed E-state index contributed by atoms with van der Waals surface area (Å²) >= 11 is 0. The van der Waals surface area contributed by atoms with Crippen LogP contribution in [0.4, 0.5) is 13.2 Å². The SMILES string of the molecule is CNC(=O)C(Cc1ccccc1)NC(=O)c1cn(C)nc1C(F)(F)F. The molecule has 0 aliphatic heterocycles. The van der Waals surface area contributed by atoms with Crippen LogP contribution in [0.5, 0.6) is 0 Å². The molecule has 9 heteroatoms. The average Bonchev–Trinajstić information content (AvgIpc) is 2.97. The quantitative estimate of drug-likeness (QED) is 0.855. The molecule has 2 rings (SSSR count). The highest BCUT2D eigenvalue weighted by molar-refractivity contribution is 5.98. The van der Waals surface area contributed by atoms with Crippen LogP contribution >= 0.6 is 0 Å². The van der Waals surface area contributed by atoms with Crippen molar-refractivity contribution in [3.05, 3.63) is 53.3 Å². The lowest BCUT2D eigenvalue weighted by Gasteiger charge is -2.17. The van der Waals surface area contributed by atoms with Gasteiger partial charge in [0.05, 0.1) is 5.56 Å². The van der Waals surface area contributed by atoms with E-state index in [0.717, 1.165) is 16.4 Å². The maximum Gasteiger partial charge on any atom is 0.435 e. The van der Waals surface area contributed by atoms with E-state index in [-0.39, 0.29) is 6.42 Å². The molecule has 2 aromatic rings. The first-order valence-corrected chi connectivity index (χ1v) is 7.39. The lowest BCUT2D eigenvalue weighted by molar-refractivity contribution is -0.141. The first-order valence-electron chi connectivity index (χ1n) is 7.39. The molecule has 0 fully saturated rings. The molecule has 0 aliphatic carbocycles. The Morgan fingerprint density at radius 1 is 1.24 bits per heavy atom. The lowest BCUT2D eigenvalue weighted by Crippen LogP contribution is -2.47. The van der Waals surface area contributed by atoms with Crippen LogP contribution in [0.15, 0.2) is 36.5 Å². The zero-order valence-corrected chi connectivity index (χ0v) is 13.6. The predicted octanol–water partition coefficient (Wildman–Crippen LogP) is 1.53. The summed E-state index contributed by atoms with van der Waals surface area (Å²) in [4.78, 5) is 24.3. The normalized spacial score (nSPS) is 12.5. The summed E-state index contributed by atoms with van der Waals surface area (Å²) in [6, 6.07) is 7.83. The van der Waals surface area contributed by atoms with E-state index in [1.807, 2.05) is 0 Å². The highest BCUT2D eigenvalue weighted by Crippen LogP contribution is 2.30. The third kappa shape index (κ3) is 4.59. The Bertz CT molecular complexity index is 756. The molecular weight excluding hydrogens is 337 g/mol. The third-order valence-electron chi connectivity index (χ3n) is 3.49. The Kier molecular flexibility index (Phi) is 5.45. The van der Waals surface area contributed by atoms with E-state index in [4.69, 9.17) is 0 Å². The molecule has 1 aromatic carbocycles. The number of nitrogens with zero attached hydrogens (tertiary/aromatic N) is 2. The standard InChI is InChI=1S/C16H17F3N4O2/c1-20-15(25)12(8-10-6-4-3-5-7-10)21-14(24)11-9-23(2)22-13(11)16(17,18)19/h3-7,9,12H,8H2,1-2H3,(H,20,25)(H,21,24). The van der Waals surface area contributed by atoms with Gasteiger partial charge in [0.1, 0.15) is 6.04 Å². The van der Waals surface area contributed by atoms with Crippen molar-refractivity contribution in [3.63, 3.8) is 0 Å². The van der Waals surface area contributed by atoms with Crippen LogP contribution in [0.1, 0.15) is 21.6 Å². The number of rotatable bonds is 5. The maximum atomic E-state index is 13.0. The molecule has 2 N–H and O–H groups in total. The zero-order valence-electron chi connectivity index (χ0n) is 13.6. The Morgan fingerprint density at radius 3 is 2.44 bits per heavy atom. The second kappa shape index (κ2) is 7.37. The van der Waals surface area contributed by atoms with Crippen molar-refractivity contribution < 1.29 is 22.8 Å². The van der Waals surface area contributed by atoms with Crippen molar-refractivity contribution in [1.82, 2.24) is 20.4 Å². The van der Waals surface area contributed by atoms with E-state index >= 15 is 0 Å². The van der Waals surface area contributed by atoms with Crippen molar-refractivity contribution in [3.8, 4) is 0 Å². The Labute approximate surface area is 142 Å². The van der Waals surface area contributed by atoms with Gasteiger partial charge in [0.15, 0.2) is 5.69 Å². The molecule has 0 saturated carbocycles. The summed E-state index contributed by atoms with van der Waals surface area (Å²) in [5, 5.41) is 8.04. The second-order valence-electron chi connectivity index (χ2n) is 5.39. The van der Waals surface area contributed by atoms with Gasteiger partial charge in [-0.15, -0.1) is 0 Å². The molecular formula is C16H17F3N4O2. The summed E-state index contributed by atoms with van der Waals surface area (Å²) < 4.78 is 39.9. The smallest absolute Gasteiger partial charge is 0.357 e. The number of hydrogen-bond donors (Lipinski definition) is 2. The van der Waals surface area contributed by atoms with Gasteiger partial charge in [0, 0.05) is 26.7 Å². The number of halogens is 3. The predicted molar refractivity (Wildman–Crippen MR) is 83.7 cm³/mol. The number of benzene rings is 1. The third-order valence-corrected chi connectivity index (χ3v) is 3.49. The Hall–Kier alpha value is -2.84. The largest absolute Gasteiger partial charge is 0.435 e. The minimum atomic E-state index is -4.77. The number of alkyl halides is 3. The number of amides is 2. The molecule has 1 unspecified atom stereocenters. The van der Waals surface area contributed by atoms with Gasteiger partial charge in [-0.1, -0.05) is 30.3 Å². The van der Waals surface area contributed by atoms with Gasteiger partial charge in [0.2, 0.25) is 5.91 Å². The molecule has 134 valence electrons. The first kappa shape index (κ1) is 18.5. The number of aryl methyl sites for hydroxylation is 1. The second-order valence-corrected chi connectivity index (χ2v) is 5.39. The van der Waals surface area contributed by atoms with Crippen LogP contribution in [0.25, 0.3) is 0 Å². The Morgan fingerprint density at radius 2 is 1.88 bits per heavy atom. The van der Waals surface area contributed by atoms with Gasteiger partial charge in [0.25, 0.3) is 5.91 Å². The van der Waals surface area contributed by atoms with Gasteiger partial charge in [-0.3, -0.25) is 14.3 Å². The Balaban J connectivity index is 2.24. The van der Waals surface area contributed by atoms with Crippen LogP contribution in [0.3, 0.4) is 0 Å². The topological polar surface area (TPSA) is 76.0 Å². The van der Waals surface area contributed by atoms with Gasteiger partial charge >= 0.3 is 6.18 Å². The molecule has 1 atom stereocenters. The van der Waals surface area contributed by atoms with Crippen molar-refractivity contribution in [2.45, 2.75) is 18.6 Å². The molecule has 2 amide bonds. The molecule has 0 bridgehead atoms. The molecule has 0 spiro atoms. The summed E-state index contributed by atoms with van der Waals surface area (Å²) in [5.74, 6) is -1.51. The molecule has 0 radical (unpaired) electrons. The number of carbonyl (C=O) groups is 2. The van der Waals surface area contributed by atoms with Gasteiger partial charge < -0.3 is 10.6 Å². The fourth-order valence-electron chi connectivity index (χ4n) is 2.33. The highest BCUT2D eigenvalue weighted by atomic mass is 19.4. The average molecular weight is 354 g/mol. The lowest BCUT2D eigenvalue weighted by atomic mass is 10.0. The van der Waals surface area contributed by atoms with E-state index in [1.54, 1.807) is 30.3 Å². The molecule has 0 aliphatic rings. The fourth-order valence-corrected chi connectivity index (χ4v) is 2.33. The van der Waals surface area contributed by atoms with Crippen LogP contribution in [0, 0.1) is 0 Å². The van der Waals surface area contributed by atoms with Crippen LogP contribution in [0.2, 0.25) is 0 Å². The van der Waals surface area contributed by atoms with E-state index in [1.165, 1.54) is 14.1 Å². The monoisotopic (exact) mass is 354 g/mol. The van der Waals surface area contributed by atoms with Gasteiger partial charge in [-0.25, -0.2) is 0 Å². The zero-order chi connectivity index (χ0) is 18.6. The molecule has 1 heterocycles. The van der Waals surface area contributed by atoms with E-state index in [9.17, 15) is 22.8 Å². The number of nitrogens with one attached hydrogen (secondary N) is 2. The van der Waals surface area contributed by atoms with Crippen molar-refractivity contribution in [2.24, 2.45) is 7.05 Å². The van der Waals surface area contributed by atoms with Crippen molar-refractivity contribution in [1.29, 1.82) is 0 Å². The number of aromatic nitrogens is 2. The highest BCUT2D eigenvalue weighted by Gasteiger charge is 2.39. The summed E-state index contributed by atoms with van der Waals surface area (Å²) in [5.41, 5.74) is -1.15. The maximum absolute atomic E-state index is 13.0.